The van der Waals surface area contributed by atoms with Crippen LogP contribution in [0.2, 0.25) is 0 Å². The minimum absolute atomic E-state index is 0.746. The minimum Gasteiger partial charge on any atom is -0.497 e. The first-order valence-electron chi connectivity index (χ1n) is 7.20. The number of nitrogens with zero attached hydrogens (tertiary/aromatic N) is 3. The van der Waals surface area contributed by atoms with Crippen molar-refractivity contribution >= 4 is 17.6 Å². The molecule has 1 aromatic heterocycles. The minimum atomic E-state index is 0.746. The van der Waals surface area contributed by atoms with Gasteiger partial charge >= 0.3 is 0 Å². The standard InChI is InChI=1S/C16H19N3O2S/c1-20-13-5-3-12(4-6-13)16-17-14(11-15(18-16)22-2)19-7-9-21-10-8-19/h3-6,11H,7-10H2,1-2H3. The predicted octanol–water partition coefficient (Wildman–Crippen LogP) is 2.71. The van der Waals surface area contributed by atoms with Gasteiger partial charge in [0, 0.05) is 24.7 Å². The third kappa shape index (κ3) is 3.34. The topological polar surface area (TPSA) is 47.5 Å². The van der Waals surface area contributed by atoms with Crippen molar-refractivity contribution < 1.29 is 9.47 Å². The Hall–Kier alpha value is -1.79. The molecule has 0 unspecified atom stereocenters. The molecule has 0 spiro atoms. The van der Waals surface area contributed by atoms with Gasteiger partial charge in [0.2, 0.25) is 0 Å². The molecule has 0 saturated carbocycles. The molecule has 6 heteroatoms. The van der Waals surface area contributed by atoms with Crippen LogP contribution in [0.1, 0.15) is 0 Å². The van der Waals surface area contributed by atoms with Gasteiger partial charge in [-0.15, -0.1) is 11.8 Å². The third-order valence-corrected chi connectivity index (χ3v) is 4.21. The second kappa shape index (κ2) is 6.98. The zero-order valence-corrected chi connectivity index (χ0v) is 13.6. The monoisotopic (exact) mass is 317 g/mol. The quantitative estimate of drug-likeness (QED) is 0.638. The van der Waals surface area contributed by atoms with E-state index in [1.807, 2.05) is 36.6 Å². The number of morpholine rings is 1. The number of thioether (sulfide) groups is 1. The van der Waals surface area contributed by atoms with Gasteiger partial charge in [0.15, 0.2) is 5.82 Å². The summed E-state index contributed by atoms with van der Waals surface area (Å²) in [5.41, 5.74) is 0.992. The Morgan fingerprint density at radius 3 is 2.50 bits per heavy atom. The lowest BCUT2D eigenvalue weighted by Crippen LogP contribution is -2.36. The summed E-state index contributed by atoms with van der Waals surface area (Å²) in [4.78, 5) is 11.6. The van der Waals surface area contributed by atoms with Crippen molar-refractivity contribution in [2.45, 2.75) is 5.03 Å². The molecule has 5 nitrogen and oxygen atoms in total. The van der Waals surface area contributed by atoms with E-state index in [4.69, 9.17) is 14.5 Å². The molecule has 0 bridgehead atoms. The van der Waals surface area contributed by atoms with E-state index in [0.29, 0.717) is 0 Å². The van der Waals surface area contributed by atoms with E-state index >= 15 is 0 Å². The zero-order chi connectivity index (χ0) is 15.4. The van der Waals surface area contributed by atoms with Crippen LogP contribution in [0.4, 0.5) is 5.82 Å². The molecule has 0 amide bonds. The largest absolute Gasteiger partial charge is 0.497 e. The van der Waals surface area contributed by atoms with E-state index in [1.54, 1.807) is 18.9 Å². The van der Waals surface area contributed by atoms with Crippen LogP contribution in [0.25, 0.3) is 11.4 Å². The summed E-state index contributed by atoms with van der Waals surface area (Å²) >= 11 is 1.63. The zero-order valence-electron chi connectivity index (χ0n) is 12.8. The van der Waals surface area contributed by atoms with Gasteiger partial charge in [0.1, 0.15) is 16.6 Å². The van der Waals surface area contributed by atoms with Crippen molar-refractivity contribution in [3.63, 3.8) is 0 Å². The number of hydrogen-bond acceptors (Lipinski definition) is 6. The highest BCUT2D eigenvalue weighted by molar-refractivity contribution is 7.98. The lowest BCUT2D eigenvalue weighted by molar-refractivity contribution is 0.122. The lowest BCUT2D eigenvalue weighted by atomic mass is 10.2. The van der Waals surface area contributed by atoms with Crippen LogP contribution in [-0.2, 0) is 4.74 Å². The summed E-state index contributed by atoms with van der Waals surface area (Å²) in [5.74, 6) is 2.54. The Bertz CT molecular complexity index is 628. The Balaban J connectivity index is 1.95. The average molecular weight is 317 g/mol. The van der Waals surface area contributed by atoms with Gasteiger partial charge in [-0.1, -0.05) is 0 Å². The molecule has 1 fully saturated rings. The highest BCUT2D eigenvalue weighted by Gasteiger charge is 2.15. The Morgan fingerprint density at radius 1 is 1.14 bits per heavy atom. The van der Waals surface area contributed by atoms with E-state index in [-0.39, 0.29) is 0 Å². The molecule has 0 atom stereocenters. The number of ether oxygens (including phenoxy) is 2. The average Bonchev–Trinajstić information content (AvgIpc) is 2.62. The Kier molecular flexibility index (Phi) is 4.80. The van der Waals surface area contributed by atoms with Gasteiger partial charge in [-0.3, -0.25) is 0 Å². The summed E-state index contributed by atoms with van der Waals surface area (Å²) in [7, 11) is 1.66. The van der Waals surface area contributed by atoms with E-state index in [0.717, 1.165) is 54.3 Å². The number of hydrogen-bond donors (Lipinski definition) is 0. The number of rotatable bonds is 4. The first kappa shape index (κ1) is 15.1. The maximum Gasteiger partial charge on any atom is 0.162 e. The summed E-state index contributed by atoms with van der Waals surface area (Å²) in [6.45, 7) is 3.23. The van der Waals surface area contributed by atoms with Crippen LogP contribution in [0, 0.1) is 0 Å². The summed E-state index contributed by atoms with van der Waals surface area (Å²) in [6.07, 6.45) is 2.03. The molecule has 1 saturated heterocycles. The van der Waals surface area contributed by atoms with Crippen molar-refractivity contribution in [3.05, 3.63) is 30.3 Å². The van der Waals surface area contributed by atoms with E-state index in [9.17, 15) is 0 Å². The Morgan fingerprint density at radius 2 is 1.86 bits per heavy atom. The van der Waals surface area contributed by atoms with Crippen molar-refractivity contribution in [3.8, 4) is 17.1 Å². The molecule has 0 radical (unpaired) electrons. The smallest absolute Gasteiger partial charge is 0.162 e. The van der Waals surface area contributed by atoms with E-state index in [1.165, 1.54) is 0 Å². The summed E-state index contributed by atoms with van der Waals surface area (Å²) < 4.78 is 10.6. The van der Waals surface area contributed by atoms with Gasteiger partial charge < -0.3 is 14.4 Å². The van der Waals surface area contributed by atoms with Crippen LogP contribution in [0.15, 0.2) is 35.4 Å². The molecule has 3 rings (SSSR count). The van der Waals surface area contributed by atoms with Crippen molar-refractivity contribution in [1.29, 1.82) is 0 Å². The van der Waals surface area contributed by atoms with Crippen LogP contribution in [0.5, 0.6) is 5.75 Å². The van der Waals surface area contributed by atoms with Gasteiger partial charge in [-0.25, -0.2) is 9.97 Å². The maximum atomic E-state index is 5.41. The Labute approximate surface area is 134 Å². The van der Waals surface area contributed by atoms with Gasteiger partial charge in [-0.2, -0.15) is 0 Å². The number of anilines is 1. The normalized spacial score (nSPS) is 14.9. The number of aromatic nitrogens is 2. The fourth-order valence-electron chi connectivity index (χ4n) is 2.34. The maximum absolute atomic E-state index is 5.41. The molecular weight excluding hydrogens is 298 g/mol. The van der Waals surface area contributed by atoms with Crippen molar-refractivity contribution in [1.82, 2.24) is 9.97 Å². The van der Waals surface area contributed by atoms with Gasteiger partial charge in [0.05, 0.1) is 20.3 Å². The molecule has 0 aliphatic carbocycles. The molecule has 1 aromatic carbocycles. The van der Waals surface area contributed by atoms with Crippen LogP contribution < -0.4 is 9.64 Å². The predicted molar refractivity (Wildman–Crippen MR) is 88.8 cm³/mol. The second-order valence-electron chi connectivity index (χ2n) is 4.92. The molecule has 2 aromatic rings. The molecule has 22 heavy (non-hydrogen) atoms. The van der Waals surface area contributed by atoms with E-state index < -0.39 is 0 Å². The lowest BCUT2D eigenvalue weighted by Gasteiger charge is -2.28. The molecule has 0 N–H and O–H groups in total. The molecule has 1 aliphatic rings. The van der Waals surface area contributed by atoms with Crippen LogP contribution in [-0.4, -0.2) is 49.6 Å². The molecule has 116 valence electrons. The second-order valence-corrected chi connectivity index (χ2v) is 5.75. The van der Waals surface area contributed by atoms with Gasteiger partial charge in [-0.05, 0) is 30.5 Å². The fraction of sp³-hybridized carbons (Fsp3) is 0.375. The highest BCUT2D eigenvalue weighted by atomic mass is 32.2. The first-order chi connectivity index (χ1) is 10.8. The molecule has 2 heterocycles. The van der Waals surface area contributed by atoms with Crippen molar-refractivity contribution in [2.24, 2.45) is 0 Å². The number of methoxy groups -OCH3 is 1. The summed E-state index contributed by atoms with van der Waals surface area (Å²) in [5, 5.41) is 0.974. The van der Waals surface area contributed by atoms with E-state index in [2.05, 4.69) is 9.88 Å². The van der Waals surface area contributed by atoms with Crippen LogP contribution in [0.3, 0.4) is 0 Å². The first-order valence-corrected chi connectivity index (χ1v) is 8.43. The summed E-state index contributed by atoms with van der Waals surface area (Å²) in [6, 6.07) is 9.88. The fourth-order valence-corrected chi connectivity index (χ4v) is 2.74. The third-order valence-electron chi connectivity index (χ3n) is 3.58. The molecule has 1 aliphatic heterocycles. The van der Waals surface area contributed by atoms with Crippen LogP contribution >= 0.6 is 11.8 Å². The van der Waals surface area contributed by atoms with Gasteiger partial charge in [0.25, 0.3) is 0 Å². The highest BCUT2D eigenvalue weighted by Crippen LogP contribution is 2.26. The molecular formula is C16H19N3O2S. The SMILES string of the molecule is COc1ccc(-c2nc(SC)cc(N3CCOCC3)n2)cc1. The number of benzene rings is 1. The van der Waals surface area contributed by atoms with Crippen molar-refractivity contribution in [2.75, 3.05) is 44.6 Å².